The van der Waals surface area contributed by atoms with Crippen molar-refractivity contribution in [1.29, 1.82) is 0 Å². The zero-order valence-electron chi connectivity index (χ0n) is 8.33. The predicted molar refractivity (Wildman–Crippen MR) is 55.5 cm³/mol. The first kappa shape index (κ1) is 13.0. The zero-order valence-corrected chi connectivity index (χ0v) is 10.2. The molecule has 0 saturated heterocycles. The van der Waals surface area contributed by atoms with Crippen molar-refractivity contribution >= 4 is 15.2 Å². The van der Waals surface area contributed by atoms with Crippen LogP contribution in [0.25, 0.3) is 0 Å². The summed E-state index contributed by atoms with van der Waals surface area (Å²) in [4.78, 5) is 0. The van der Waals surface area contributed by atoms with Crippen LogP contribution in [0.15, 0.2) is 30.3 Å². The van der Waals surface area contributed by atoms with Crippen molar-refractivity contribution in [2.45, 2.75) is 24.4 Å². The van der Waals surface area contributed by atoms with Gasteiger partial charge in [0.2, 0.25) is 0 Å². The summed E-state index contributed by atoms with van der Waals surface area (Å²) in [6.45, 7) is 4.61. The van der Waals surface area contributed by atoms with Crippen molar-refractivity contribution in [3.8, 4) is 0 Å². The number of hydrogen-bond donors (Lipinski definition) is 0. The van der Waals surface area contributed by atoms with Gasteiger partial charge < -0.3 is 12.4 Å². The Balaban J connectivity index is 0.00000144. The molecule has 0 spiro atoms. The summed E-state index contributed by atoms with van der Waals surface area (Å²) in [5.41, 5.74) is 1.51. The van der Waals surface area contributed by atoms with Crippen molar-refractivity contribution in [2.75, 3.05) is 0 Å². The van der Waals surface area contributed by atoms with Crippen LogP contribution in [-0.4, -0.2) is 15.2 Å². The van der Waals surface area contributed by atoms with Crippen LogP contribution in [0, 0.1) is 5.92 Å². The molecule has 0 aliphatic rings. The first-order valence-corrected chi connectivity index (χ1v) is 6.28. The van der Waals surface area contributed by atoms with Crippen LogP contribution in [0.4, 0.5) is 0 Å². The molecule has 0 heterocycles. The maximum Gasteiger partial charge on any atom is -1.00 e. The fourth-order valence-corrected chi connectivity index (χ4v) is 2.64. The summed E-state index contributed by atoms with van der Waals surface area (Å²) in [6.07, 6.45) is 0. The van der Waals surface area contributed by atoms with Gasteiger partial charge in [0.15, 0.2) is 0 Å². The van der Waals surface area contributed by atoms with Gasteiger partial charge in [0, 0.05) is 0 Å². The molecule has 13 heavy (non-hydrogen) atoms. The number of halogens is 1. The van der Waals surface area contributed by atoms with Crippen LogP contribution in [0.5, 0.6) is 0 Å². The maximum absolute atomic E-state index is 2.30. The van der Waals surface area contributed by atoms with Gasteiger partial charge in [0.1, 0.15) is 0 Å². The van der Waals surface area contributed by atoms with E-state index in [1.807, 2.05) is 0 Å². The second-order valence-electron chi connectivity index (χ2n) is 3.61. The van der Waals surface area contributed by atoms with Gasteiger partial charge in [-0.1, -0.05) is 0 Å². The summed E-state index contributed by atoms with van der Waals surface area (Å²) in [5.74, 6) is 0.878. The summed E-state index contributed by atoms with van der Waals surface area (Å²) >= 11 is 0.628. The third kappa shape index (κ3) is 6.16. The minimum absolute atomic E-state index is 0. The van der Waals surface area contributed by atoms with E-state index in [0.29, 0.717) is 15.2 Å². The van der Waals surface area contributed by atoms with Crippen molar-refractivity contribution in [1.82, 2.24) is 0 Å². The molecule has 0 radical (unpaired) electrons. The van der Waals surface area contributed by atoms with Gasteiger partial charge in [-0.05, 0) is 0 Å². The van der Waals surface area contributed by atoms with Crippen molar-refractivity contribution in [3.05, 3.63) is 35.9 Å². The molecule has 0 saturated carbocycles. The van der Waals surface area contributed by atoms with Gasteiger partial charge >= 0.3 is 81.4 Å². The van der Waals surface area contributed by atoms with E-state index in [1.165, 1.54) is 16.1 Å². The van der Waals surface area contributed by atoms with E-state index in [0.717, 1.165) is 5.92 Å². The van der Waals surface area contributed by atoms with Crippen LogP contribution >= 0.6 is 0 Å². The Kier molecular flexibility index (Phi) is 7.47. The van der Waals surface area contributed by atoms with Crippen LogP contribution in [0.1, 0.15) is 19.4 Å². The Morgan fingerprint density at radius 1 is 1.15 bits per heavy atom. The average molecular weight is 211 g/mol. The first-order chi connectivity index (χ1) is 5.79. The molecule has 1 aromatic carbocycles. The molecule has 0 nitrogen and oxygen atoms in total. The van der Waals surface area contributed by atoms with E-state index in [2.05, 4.69) is 44.2 Å². The fourth-order valence-electron chi connectivity index (χ4n) is 1.20. The minimum Gasteiger partial charge on any atom is -1.00 e. The second-order valence-corrected chi connectivity index (χ2v) is 5.06. The van der Waals surface area contributed by atoms with E-state index in [-0.39, 0.29) is 12.4 Å². The third-order valence-electron chi connectivity index (χ3n) is 1.86. The second kappa shape index (κ2) is 7.45. The molecular weight excluding hydrogens is 195 g/mol. The van der Waals surface area contributed by atoms with E-state index in [9.17, 15) is 0 Å². The first-order valence-electron chi connectivity index (χ1n) is 4.64. The van der Waals surface area contributed by atoms with Crippen LogP contribution < -0.4 is 12.4 Å². The van der Waals surface area contributed by atoms with Gasteiger partial charge in [-0.25, -0.2) is 0 Å². The van der Waals surface area contributed by atoms with E-state index in [1.54, 1.807) is 0 Å². The van der Waals surface area contributed by atoms with E-state index in [4.69, 9.17) is 0 Å². The maximum atomic E-state index is 2.30. The molecule has 0 amide bonds. The van der Waals surface area contributed by atoms with Crippen molar-refractivity contribution in [2.24, 2.45) is 5.92 Å². The average Bonchev–Trinajstić information content (AvgIpc) is 2.05. The van der Waals surface area contributed by atoms with Crippen LogP contribution in [0.2, 0.25) is 5.28 Å². The van der Waals surface area contributed by atoms with Crippen molar-refractivity contribution in [3.63, 3.8) is 0 Å². The normalized spacial score (nSPS) is 9.15. The van der Waals surface area contributed by atoms with E-state index < -0.39 is 0 Å². The van der Waals surface area contributed by atoms with Crippen LogP contribution in [0.3, 0.4) is 0 Å². The molecule has 0 unspecified atom stereocenters. The molecule has 1 rings (SSSR count). The van der Waals surface area contributed by atoms with E-state index >= 15 is 0 Å². The van der Waals surface area contributed by atoms with Gasteiger partial charge in [-0.15, -0.1) is 0 Å². The molecule has 0 atom stereocenters. The fraction of sp³-hybridized carbons (Fsp3) is 0.455. The molecule has 0 bridgehead atoms. The molecule has 2 heteroatoms. The molecule has 0 N–H and O–H groups in total. The summed E-state index contributed by atoms with van der Waals surface area (Å²) in [7, 11) is 0. The molecule has 0 fully saturated rings. The Bertz CT molecular complexity index is 209. The van der Waals surface area contributed by atoms with Gasteiger partial charge in [-0.2, -0.15) is 0 Å². The quantitative estimate of drug-likeness (QED) is 0.613. The molecule has 70 valence electrons. The summed E-state index contributed by atoms with van der Waals surface area (Å²) in [5, 5.41) is 2.74. The van der Waals surface area contributed by atoms with Gasteiger partial charge in [-0.3, -0.25) is 0 Å². The standard InChI is InChI=1S/C7H7.C4H9.Al.ClH/c1-7-5-3-2-4-6-7;1-4(2)3;;/h2-6H,1H2;4H,1H2,2-3H3;;1H/q;;+1;/p-1. The SMILES string of the molecule is CC(C)[CH2][Al+][CH2]c1ccccc1.[Cl-]. The Morgan fingerprint density at radius 2 is 1.77 bits per heavy atom. The number of benzene rings is 1. The molecule has 0 aliphatic heterocycles. The Labute approximate surface area is 93.9 Å². The number of hydrogen-bond acceptors (Lipinski definition) is 0. The summed E-state index contributed by atoms with van der Waals surface area (Å²) < 4.78 is 0. The van der Waals surface area contributed by atoms with Crippen molar-refractivity contribution < 1.29 is 12.4 Å². The summed E-state index contributed by atoms with van der Waals surface area (Å²) in [6, 6.07) is 10.8. The molecular formula is C11H16AlCl. The largest absolute Gasteiger partial charge is 1.00 e. The third-order valence-corrected chi connectivity index (χ3v) is 3.90. The zero-order chi connectivity index (χ0) is 8.81. The smallest absolute Gasteiger partial charge is 1.00 e. The predicted octanol–water partition coefficient (Wildman–Crippen LogP) is -0.0309. The molecule has 0 aromatic heterocycles. The number of rotatable bonds is 4. The van der Waals surface area contributed by atoms with Gasteiger partial charge in [0.25, 0.3) is 0 Å². The molecule has 1 aromatic rings. The Morgan fingerprint density at radius 3 is 2.31 bits per heavy atom. The molecule has 0 aliphatic carbocycles. The van der Waals surface area contributed by atoms with Gasteiger partial charge in [0.05, 0.1) is 0 Å². The Hall–Kier alpha value is 0.0425. The van der Waals surface area contributed by atoms with Crippen LogP contribution in [-0.2, 0) is 5.28 Å². The topological polar surface area (TPSA) is 0 Å². The minimum atomic E-state index is 0. The monoisotopic (exact) mass is 210 g/mol.